The number of hydrogen-bond acceptors (Lipinski definition) is 2. The van der Waals surface area contributed by atoms with Gasteiger partial charge in [0.25, 0.3) is 0 Å². The quantitative estimate of drug-likeness (QED) is 0.153. The van der Waals surface area contributed by atoms with Gasteiger partial charge in [0.2, 0.25) is 11.6 Å². The second-order valence-electron chi connectivity index (χ2n) is 6.65. The zero-order valence-electron chi connectivity index (χ0n) is 17.0. The van der Waals surface area contributed by atoms with E-state index in [9.17, 15) is 9.59 Å². The van der Waals surface area contributed by atoms with Crippen LogP contribution in [0.4, 0.5) is 0 Å². The van der Waals surface area contributed by atoms with Gasteiger partial charge in [-0.1, -0.05) is 92.2 Å². The van der Waals surface area contributed by atoms with Gasteiger partial charge in [-0.15, -0.1) is 0 Å². The monoisotopic (exact) mass is 544 g/mol. The van der Waals surface area contributed by atoms with Crippen LogP contribution in [0, 0.1) is 11.8 Å². The van der Waals surface area contributed by atoms with Crippen molar-refractivity contribution in [3.8, 4) is 11.8 Å². The smallest absolute Gasteiger partial charge is 0.233 e. The van der Waals surface area contributed by atoms with E-state index < -0.39 is 11.6 Å². The molecule has 0 spiro atoms. The first-order chi connectivity index (χ1) is 15.5. The van der Waals surface area contributed by atoms with Gasteiger partial charge in [0.1, 0.15) is 0 Å². The van der Waals surface area contributed by atoms with Gasteiger partial charge in [-0.2, -0.15) is 0 Å². The van der Waals surface area contributed by atoms with Crippen molar-refractivity contribution in [1.82, 2.24) is 0 Å². The molecule has 4 rings (SSSR count). The Balaban J connectivity index is 0.000000182. The van der Waals surface area contributed by atoms with Crippen LogP contribution in [0.1, 0.15) is 31.8 Å². The van der Waals surface area contributed by atoms with Gasteiger partial charge in [-0.25, -0.2) is 0 Å². The Bertz CT molecular complexity index is 1240. The zero-order chi connectivity index (χ0) is 22.8. The second-order valence-corrected chi connectivity index (χ2v) is 8.49. The molecule has 0 N–H and O–H groups in total. The van der Waals surface area contributed by atoms with E-state index in [1.807, 2.05) is 54.6 Å². The highest BCUT2D eigenvalue weighted by molar-refractivity contribution is 9.10. The van der Waals surface area contributed by atoms with E-state index in [1.54, 1.807) is 54.6 Å². The van der Waals surface area contributed by atoms with Crippen molar-refractivity contribution in [1.29, 1.82) is 0 Å². The first-order valence-corrected chi connectivity index (χ1v) is 11.3. The van der Waals surface area contributed by atoms with Crippen LogP contribution in [0.2, 0.25) is 0 Å². The average Bonchev–Trinajstić information content (AvgIpc) is 2.85. The third-order valence-corrected chi connectivity index (χ3v) is 5.38. The largest absolute Gasteiger partial charge is 0.285 e. The summed E-state index contributed by atoms with van der Waals surface area (Å²) in [6.45, 7) is 0. The van der Waals surface area contributed by atoms with Gasteiger partial charge >= 0.3 is 0 Å². The number of ketones is 2. The molecule has 0 heterocycles. The van der Waals surface area contributed by atoms with Crippen LogP contribution in [0.25, 0.3) is 0 Å². The molecule has 0 saturated heterocycles. The molecule has 2 nitrogen and oxygen atoms in total. The van der Waals surface area contributed by atoms with Crippen LogP contribution in [-0.4, -0.2) is 11.6 Å². The number of halogens is 2. The predicted molar refractivity (Wildman–Crippen MR) is 136 cm³/mol. The van der Waals surface area contributed by atoms with Crippen LogP contribution in [0.3, 0.4) is 0 Å². The van der Waals surface area contributed by atoms with Crippen LogP contribution in [0.5, 0.6) is 0 Å². The molecule has 0 saturated carbocycles. The van der Waals surface area contributed by atoms with Crippen LogP contribution in [0.15, 0.2) is 118 Å². The van der Waals surface area contributed by atoms with E-state index in [0.717, 1.165) is 20.1 Å². The molecule has 0 aromatic heterocycles. The molecule has 0 aliphatic heterocycles. The highest BCUT2D eigenvalue weighted by Crippen LogP contribution is 2.13. The van der Waals surface area contributed by atoms with E-state index in [-0.39, 0.29) is 0 Å². The fourth-order valence-electron chi connectivity index (χ4n) is 2.65. The van der Waals surface area contributed by atoms with E-state index in [0.29, 0.717) is 11.1 Å². The zero-order valence-corrected chi connectivity index (χ0v) is 20.1. The normalized spacial score (nSPS) is 9.56. The van der Waals surface area contributed by atoms with Crippen LogP contribution in [-0.2, 0) is 0 Å². The average molecular weight is 546 g/mol. The Morgan fingerprint density at radius 3 is 1.34 bits per heavy atom. The third kappa shape index (κ3) is 7.16. The number of carbonyl (C=O) groups is 2. The summed E-state index contributed by atoms with van der Waals surface area (Å²) in [6, 6.07) is 33.3. The first kappa shape index (κ1) is 23.4. The summed E-state index contributed by atoms with van der Waals surface area (Å²) in [5.74, 6) is 5.27. The minimum Gasteiger partial charge on any atom is -0.285 e. The van der Waals surface area contributed by atoms with Crippen molar-refractivity contribution in [2.75, 3.05) is 0 Å². The van der Waals surface area contributed by atoms with Crippen molar-refractivity contribution >= 4 is 43.4 Å². The van der Waals surface area contributed by atoms with Crippen molar-refractivity contribution in [2.24, 2.45) is 0 Å². The highest BCUT2D eigenvalue weighted by atomic mass is 79.9. The Morgan fingerprint density at radius 2 is 0.844 bits per heavy atom. The Labute approximate surface area is 204 Å². The Morgan fingerprint density at radius 1 is 0.469 bits per heavy atom. The van der Waals surface area contributed by atoms with E-state index in [2.05, 4.69) is 43.7 Å². The molecule has 156 valence electrons. The number of Topliss-reactive ketones (excluding diaryl/α,β-unsaturated/α-hetero) is 2. The van der Waals surface area contributed by atoms with Gasteiger partial charge in [0, 0.05) is 31.2 Å². The molecular weight excluding hydrogens is 528 g/mol. The molecule has 0 aliphatic rings. The molecule has 4 aromatic carbocycles. The predicted octanol–water partition coefficient (Wildman–Crippen LogP) is 7.36. The molecule has 0 fully saturated rings. The van der Waals surface area contributed by atoms with Crippen molar-refractivity contribution < 1.29 is 9.59 Å². The highest BCUT2D eigenvalue weighted by Gasteiger charge is 2.17. The maximum atomic E-state index is 11.9. The van der Waals surface area contributed by atoms with Crippen molar-refractivity contribution in [3.63, 3.8) is 0 Å². The second kappa shape index (κ2) is 12.0. The SMILES string of the molecule is Brc1ccc(C#Cc2ccccc2)cc1.O=C(C(=O)c1ccc(Br)cc1)c1ccccc1. The minimum absolute atomic E-state index is 0.405. The van der Waals surface area contributed by atoms with Crippen molar-refractivity contribution in [2.45, 2.75) is 0 Å². The lowest BCUT2D eigenvalue weighted by Gasteiger charge is -2.00. The third-order valence-electron chi connectivity index (χ3n) is 4.32. The van der Waals surface area contributed by atoms with E-state index in [4.69, 9.17) is 0 Å². The number of carbonyl (C=O) groups excluding carboxylic acids is 2. The summed E-state index contributed by atoms with van der Waals surface area (Å²) in [7, 11) is 0. The maximum Gasteiger partial charge on any atom is 0.233 e. The van der Waals surface area contributed by atoms with E-state index >= 15 is 0 Å². The van der Waals surface area contributed by atoms with Gasteiger partial charge in [0.05, 0.1) is 0 Å². The molecule has 4 heteroatoms. The summed E-state index contributed by atoms with van der Waals surface area (Å²) in [5.41, 5.74) is 2.89. The number of rotatable bonds is 3. The first-order valence-electron chi connectivity index (χ1n) is 9.75. The molecule has 0 atom stereocenters. The molecule has 32 heavy (non-hydrogen) atoms. The van der Waals surface area contributed by atoms with Crippen LogP contribution < -0.4 is 0 Å². The lowest BCUT2D eigenvalue weighted by Crippen LogP contribution is -2.14. The standard InChI is InChI=1S/C14H9BrO2.C14H9Br/c15-12-8-6-11(7-9-12)14(17)13(16)10-4-2-1-3-5-10;15-14-10-8-13(9-11-14)7-6-12-4-2-1-3-5-12/h1-9H;1-5,8-11H. The van der Waals surface area contributed by atoms with Gasteiger partial charge in [0.15, 0.2) is 0 Å². The topological polar surface area (TPSA) is 34.1 Å². The fourth-order valence-corrected chi connectivity index (χ4v) is 3.18. The maximum absolute atomic E-state index is 11.9. The summed E-state index contributed by atoms with van der Waals surface area (Å²) < 4.78 is 1.95. The number of hydrogen-bond donors (Lipinski definition) is 0. The molecule has 0 unspecified atom stereocenters. The van der Waals surface area contributed by atoms with Gasteiger partial charge in [-0.3, -0.25) is 9.59 Å². The Kier molecular flexibility index (Phi) is 8.74. The fraction of sp³-hybridized carbons (Fsp3) is 0. The lowest BCUT2D eigenvalue weighted by atomic mass is 10.0. The van der Waals surface area contributed by atoms with Crippen molar-refractivity contribution in [3.05, 3.63) is 140 Å². The minimum atomic E-state index is -0.483. The molecule has 0 aliphatic carbocycles. The summed E-state index contributed by atoms with van der Waals surface area (Å²) in [4.78, 5) is 23.8. The summed E-state index contributed by atoms with van der Waals surface area (Å²) in [5, 5.41) is 0. The molecule has 4 aromatic rings. The summed E-state index contributed by atoms with van der Waals surface area (Å²) >= 11 is 6.67. The van der Waals surface area contributed by atoms with E-state index in [1.165, 1.54) is 0 Å². The molecule has 0 radical (unpaired) electrons. The Hall–Kier alpha value is -3.26. The molecule has 0 bridgehead atoms. The molecular formula is C28H18Br2O2. The van der Waals surface area contributed by atoms with Gasteiger partial charge in [-0.05, 0) is 60.7 Å². The lowest BCUT2D eigenvalue weighted by molar-refractivity contribution is 0.0817. The van der Waals surface area contributed by atoms with Crippen LogP contribution >= 0.6 is 31.9 Å². The van der Waals surface area contributed by atoms with Gasteiger partial charge < -0.3 is 0 Å². The molecule has 0 amide bonds. The number of benzene rings is 4. The summed E-state index contributed by atoms with van der Waals surface area (Å²) in [6.07, 6.45) is 0.